The average molecular weight is 1210 g/mol. The summed E-state index contributed by atoms with van der Waals surface area (Å²) in [6, 6.07) is 25.0. The predicted molar refractivity (Wildman–Crippen MR) is 333 cm³/mol. The summed E-state index contributed by atoms with van der Waals surface area (Å²) in [5.74, 6) is -2.87. The molecule has 0 aliphatic rings. The number of hydrogen-bond acceptors (Lipinski definition) is 18. The van der Waals surface area contributed by atoms with E-state index >= 15 is 0 Å². The van der Waals surface area contributed by atoms with Gasteiger partial charge in [0, 0.05) is 24.3 Å². The molecule has 1 atom stereocenters. The number of esters is 6. The molecule has 0 aliphatic heterocycles. The Balaban J connectivity index is 1.17. The Kier molecular flexibility index (Phi) is 31.4. The monoisotopic (exact) mass is 1210 g/mol. The maximum atomic E-state index is 14.0. The van der Waals surface area contributed by atoms with Crippen molar-refractivity contribution in [3.05, 3.63) is 166 Å². The second kappa shape index (κ2) is 39.6. The summed E-state index contributed by atoms with van der Waals surface area (Å²) in [5.41, 5.74) is 5.36. The Morgan fingerprint density at radius 1 is 0.489 bits per heavy atom. The molecule has 0 aliphatic carbocycles. The topological polar surface area (TPSA) is 255 Å². The van der Waals surface area contributed by atoms with Gasteiger partial charge in [-0.1, -0.05) is 129 Å². The number of nitrogen functional groups attached to an aromatic ring is 1. The lowest BCUT2D eigenvalue weighted by molar-refractivity contribution is -0.386. The first-order valence-electron chi connectivity index (χ1n) is 30.5. The van der Waals surface area contributed by atoms with Crippen LogP contribution >= 0.6 is 0 Å². The molecular weight excluding hydrogens is 1130 g/mol. The van der Waals surface area contributed by atoms with Crippen molar-refractivity contribution < 1.29 is 76.3 Å². The SMILES string of the molecule is C=CC(=O)OCCCCCCCCCCOc1ccc(OC(=O)c2ccc(C(=O)Oc3ccc(OCCCCCCCCCCOC(=O)C=C)cc3)c(C(=O)OCc3ccc(OC(=O)c4cc([N+](=O)[O-])c(O[C@@H](C)CCCCCC)cc4N)cc3)c2)cc1. The van der Waals surface area contributed by atoms with E-state index in [1.54, 1.807) is 48.5 Å². The van der Waals surface area contributed by atoms with Crippen LogP contribution in [0.5, 0.6) is 34.5 Å². The fourth-order valence-corrected chi connectivity index (χ4v) is 9.10. The van der Waals surface area contributed by atoms with Crippen LogP contribution in [0.2, 0.25) is 0 Å². The van der Waals surface area contributed by atoms with Crippen LogP contribution in [0.3, 0.4) is 0 Å². The molecule has 0 heterocycles. The second-order valence-corrected chi connectivity index (χ2v) is 21.1. The van der Waals surface area contributed by atoms with Gasteiger partial charge in [-0.05, 0) is 130 Å². The summed E-state index contributed by atoms with van der Waals surface area (Å²) < 4.78 is 50.3. The molecule has 0 radical (unpaired) electrons. The van der Waals surface area contributed by atoms with Gasteiger partial charge in [-0.3, -0.25) is 10.1 Å². The molecule has 88 heavy (non-hydrogen) atoms. The van der Waals surface area contributed by atoms with Crippen molar-refractivity contribution in [1.29, 1.82) is 0 Å². The van der Waals surface area contributed by atoms with Crippen molar-refractivity contribution >= 4 is 47.2 Å². The van der Waals surface area contributed by atoms with Gasteiger partial charge in [0.05, 0.1) is 65.4 Å². The Hall–Kier alpha value is -9.00. The minimum Gasteiger partial charge on any atom is -0.494 e. The summed E-state index contributed by atoms with van der Waals surface area (Å²) in [6.07, 6.45) is 22.9. The van der Waals surface area contributed by atoms with Crippen molar-refractivity contribution in [2.75, 3.05) is 32.2 Å². The van der Waals surface area contributed by atoms with Crippen molar-refractivity contribution in [1.82, 2.24) is 0 Å². The maximum Gasteiger partial charge on any atom is 0.345 e. The number of carbonyl (C=O) groups excluding carboxylic acids is 6. The number of nitro groups is 1. The number of rotatable bonds is 43. The standard InChI is InChI=1S/C69H84N2O17/c1-5-8-9-22-27-50(4)85-63-48-61(70)60(47-62(63)71(78)79)69(77)88-55-31-28-51(29-32-55)49-84-67(75)59-46-52(66(74)86-56-37-33-53(34-38-56)80-42-23-18-14-10-12-16-20-25-44-82-64(72)6-2)30-41-58(59)68(76)87-57-39-35-54(36-40-57)81-43-24-19-15-11-13-17-21-26-45-83-65(73)7-3/h6-7,28-41,46-48,50H,2-3,5,8-27,42-45,49,70H2,1,4H3/t50-/m0/s1. The number of nitrogens with zero attached hydrogens (tertiary/aromatic N) is 1. The van der Waals surface area contributed by atoms with Gasteiger partial charge in [0.2, 0.25) is 0 Å². The third-order valence-corrected chi connectivity index (χ3v) is 14.0. The van der Waals surface area contributed by atoms with Crippen LogP contribution in [0.25, 0.3) is 0 Å². The summed E-state index contributed by atoms with van der Waals surface area (Å²) >= 11 is 0. The number of nitrogens with two attached hydrogens (primary N) is 1. The molecule has 472 valence electrons. The van der Waals surface area contributed by atoms with Crippen LogP contribution in [-0.2, 0) is 30.4 Å². The molecule has 5 aromatic carbocycles. The van der Waals surface area contributed by atoms with Crippen LogP contribution in [0.15, 0.2) is 128 Å². The van der Waals surface area contributed by atoms with E-state index in [0.717, 1.165) is 134 Å². The van der Waals surface area contributed by atoms with Crippen LogP contribution < -0.4 is 34.2 Å². The average Bonchev–Trinajstić information content (AvgIpc) is 3.27. The number of anilines is 1. The lowest BCUT2D eigenvalue weighted by atomic mass is 10.0. The zero-order valence-electron chi connectivity index (χ0n) is 50.8. The smallest absolute Gasteiger partial charge is 0.345 e. The minimum atomic E-state index is -0.970. The van der Waals surface area contributed by atoms with Crippen molar-refractivity contribution in [2.45, 2.75) is 161 Å². The molecule has 0 spiro atoms. The third-order valence-electron chi connectivity index (χ3n) is 14.0. The normalized spacial score (nSPS) is 11.1. The number of benzene rings is 5. The third kappa shape index (κ3) is 25.9. The van der Waals surface area contributed by atoms with Gasteiger partial charge in [-0.15, -0.1) is 0 Å². The Bertz CT molecular complexity index is 3030. The highest BCUT2D eigenvalue weighted by atomic mass is 16.6. The van der Waals surface area contributed by atoms with Crippen molar-refractivity contribution in [3.8, 4) is 34.5 Å². The summed E-state index contributed by atoms with van der Waals surface area (Å²) in [6.45, 7) is 12.2. The van der Waals surface area contributed by atoms with Gasteiger partial charge in [-0.25, -0.2) is 28.8 Å². The van der Waals surface area contributed by atoms with Gasteiger partial charge < -0.3 is 48.4 Å². The fraction of sp³-hybridized carbons (Fsp3) is 0.420. The van der Waals surface area contributed by atoms with Crippen LogP contribution in [0.1, 0.15) is 196 Å². The molecule has 0 aromatic heterocycles. The maximum absolute atomic E-state index is 14.0. The molecule has 0 fully saturated rings. The lowest BCUT2D eigenvalue weighted by Gasteiger charge is -2.16. The molecule has 19 heteroatoms. The molecule has 2 N–H and O–H groups in total. The van der Waals surface area contributed by atoms with Crippen molar-refractivity contribution in [2.24, 2.45) is 0 Å². The minimum absolute atomic E-state index is 0.0527. The van der Waals surface area contributed by atoms with Crippen LogP contribution in [-0.4, -0.2) is 73.3 Å². The van der Waals surface area contributed by atoms with E-state index in [1.807, 2.05) is 6.92 Å². The summed E-state index contributed by atoms with van der Waals surface area (Å²) in [7, 11) is 0. The van der Waals surface area contributed by atoms with E-state index in [1.165, 1.54) is 60.7 Å². The van der Waals surface area contributed by atoms with E-state index in [0.29, 0.717) is 49.9 Å². The van der Waals surface area contributed by atoms with Crippen molar-refractivity contribution in [3.63, 3.8) is 0 Å². The zero-order chi connectivity index (χ0) is 63.3. The fourth-order valence-electron chi connectivity index (χ4n) is 9.10. The van der Waals surface area contributed by atoms with Gasteiger partial charge in [-0.2, -0.15) is 0 Å². The Labute approximate surface area is 515 Å². The van der Waals surface area contributed by atoms with E-state index < -0.39 is 46.4 Å². The second-order valence-electron chi connectivity index (χ2n) is 21.1. The zero-order valence-corrected chi connectivity index (χ0v) is 50.8. The number of nitro benzene ring substituents is 1. The highest BCUT2D eigenvalue weighted by Crippen LogP contribution is 2.34. The van der Waals surface area contributed by atoms with Crippen LogP contribution in [0, 0.1) is 10.1 Å². The number of carbonyl (C=O) groups is 6. The summed E-state index contributed by atoms with van der Waals surface area (Å²) in [4.78, 5) is 88.4. The van der Waals surface area contributed by atoms with E-state index in [4.69, 9.17) is 48.4 Å². The van der Waals surface area contributed by atoms with Crippen LogP contribution in [0.4, 0.5) is 11.4 Å². The van der Waals surface area contributed by atoms with E-state index in [-0.39, 0.29) is 63.7 Å². The van der Waals surface area contributed by atoms with Gasteiger partial charge in [0.25, 0.3) is 0 Å². The molecule has 0 saturated heterocycles. The molecule has 0 saturated carbocycles. The van der Waals surface area contributed by atoms with E-state index in [9.17, 15) is 38.9 Å². The first-order valence-corrected chi connectivity index (χ1v) is 30.5. The highest BCUT2D eigenvalue weighted by molar-refractivity contribution is 6.06. The molecule has 5 rings (SSSR count). The largest absolute Gasteiger partial charge is 0.494 e. The van der Waals surface area contributed by atoms with E-state index in [2.05, 4.69) is 20.1 Å². The lowest BCUT2D eigenvalue weighted by Crippen LogP contribution is -2.18. The number of unbranched alkanes of at least 4 members (excludes halogenated alkanes) is 17. The molecule has 0 unspecified atom stereocenters. The molecular formula is C69H84N2O17. The molecule has 0 amide bonds. The number of ether oxygens (including phenoxy) is 9. The quantitative estimate of drug-likeness (QED) is 0.00556. The molecule has 19 nitrogen and oxygen atoms in total. The van der Waals surface area contributed by atoms with Gasteiger partial charge in [0.15, 0.2) is 5.75 Å². The Morgan fingerprint density at radius 3 is 1.40 bits per heavy atom. The highest BCUT2D eigenvalue weighted by Gasteiger charge is 2.26. The first kappa shape index (κ1) is 69.8. The summed E-state index contributed by atoms with van der Waals surface area (Å²) in [5, 5.41) is 12.1. The molecule has 5 aromatic rings. The molecule has 0 bridgehead atoms. The Morgan fingerprint density at radius 2 is 0.920 bits per heavy atom. The van der Waals surface area contributed by atoms with Gasteiger partial charge in [0.1, 0.15) is 35.4 Å². The predicted octanol–water partition coefficient (Wildman–Crippen LogP) is 15.4. The number of hydrogen-bond donors (Lipinski definition) is 1. The first-order chi connectivity index (χ1) is 42.7. The van der Waals surface area contributed by atoms with Gasteiger partial charge >= 0.3 is 41.5 Å².